The highest BCUT2D eigenvalue weighted by Gasteiger charge is 2.09. The Kier molecular flexibility index (Phi) is 7.88. The molecule has 0 aliphatic heterocycles. The number of esters is 1. The van der Waals surface area contributed by atoms with Crippen molar-refractivity contribution in [1.82, 2.24) is 0 Å². The minimum absolute atomic E-state index is 0.110. The van der Waals surface area contributed by atoms with Gasteiger partial charge in [-0.15, -0.1) is 0 Å². The summed E-state index contributed by atoms with van der Waals surface area (Å²) in [5.74, 6) is -0.243. The Morgan fingerprint density at radius 3 is 2.48 bits per heavy atom. The van der Waals surface area contributed by atoms with E-state index >= 15 is 0 Å². The molecule has 0 spiro atoms. The Bertz CT molecular complexity index is 782. The molecule has 6 nitrogen and oxygen atoms in total. The van der Waals surface area contributed by atoms with Crippen LogP contribution in [0.5, 0.6) is 11.5 Å². The molecule has 0 unspecified atom stereocenters. The third-order valence-electron chi connectivity index (χ3n) is 3.42. The minimum Gasteiger partial charge on any atom is -0.497 e. The second kappa shape index (κ2) is 10.4. The quantitative estimate of drug-likeness (QED) is 0.516. The number of ether oxygens (including phenoxy) is 3. The Morgan fingerprint density at radius 1 is 1.11 bits per heavy atom. The lowest BCUT2D eigenvalue weighted by Gasteiger charge is -2.08. The number of rotatable bonds is 9. The number of methoxy groups -OCH3 is 1. The number of amides is 1. The molecular formula is C19H19ClFNO5. The van der Waals surface area contributed by atoms with Crippen LogP contribution in [-0.2, 0) is 14.3 Å². The predicted molar refractivity (Wildman–Crippen MR) is 98.7 cm³/mol. The first-order chi connectivity index (χ1) is 13.0. The van der Waals surface area contributed by atoms with E-state index in [-0.39, 0.29) is 11.4 Å². The molecule has 0 saturated heterocycles. The van der Waals surface area contributed by atoms with Gasteiger partial charge in [-0.25, -0.2) is 4.39 Å². The molecule has 8 heteroatoms. The van der Waals surface area contributed by atoms with Gasteiger partial charge >= 0.3 is 5.97 Å². The summed E-state index contributed by atoms with van der Waals surface area (Å²) in [5.41, 5.74) is 0.315. The van der Waals surface area contributed by atoms with Gasteiger partial charge in [0.25, 0.3) is 5.91 Å². The summed E-state index contributed by atoms with van der Waals surface area (Å²) in [5, 5.41) is 2.35. The standard InChI is InChI=1S/C19H19ClFNO5/c1-25-14-5-7-15(8-6-14)26-10-2-3-19(24)27-12-18(23)22-13-4-9-17(21)16(20)11-13/h4-9,11H,2-3,10,12H2,1H3,(H,22,23). The summed E-state index contributed by atoms with van der Waals surface area (Å²) < 4.78 is 28.5. The molecular weight excluding hydrogens is 377 g/mol. The van der Waals surface area contributed by atoms with E-state index in [1.54, 1.807) is 31.4 Å². The van der Waals surface area contributed by atoms with Crippen LogP contribution >= 0.6 is 11.6 Å². The summed E-state index contributed by atoms with van der Waals surface area (Å²) in [6, 6.07) is 10.8. The predicted octanol–water partition coefficient (Wildman–Crippen LogP) is 3.83. The molecule has 2 aromatic carbocycles. The van der Waals surface area contributed by atoms with Crippen LogP contribution in [0.15, 0.2) is 42.5 Å². The van der Waals surface area contributed by atoms with Gasteiger partial charge in [-0.2, -0.15) is 0 Å². The SMILES string of the molecule is COc1ccc(OCCCC(=O)OCC(=O)Nc2ccc(F)c(Cl)c2)cc1. The molecule has 2 aromatic rings. The summed E-state index contributed by atoms with van der Waals surface area (Å²) >= 11 is 5.63. The van der Waals surface area contributed by atoms with Crippen molar-refractivity contribution in [2.75, 3.05) is 25.6 Å². The highest BCUT2D eigenvalue weighted by atomic mass is 35.5. The lowest BCUT2D eigenvalue weighted by atomic mass is 10.3. The average molecular weight is 396 g/mol. The lowest BCUT2D eigenvalue weighted by Crippen LogP contribution is -2.21. The van der Waals surface area contributed by atoms with E-state index in [0.717, 1.165) is 11.8 Å². The molecule has 0 aromatic heterocycles. The maximum Gasteiger partial charge on any atom is 0.306 e. The molecule has 0 aliphatic carbocycles. The van der Waals surface area contributed by atoms with Crippen molar-refractivity contribution >= 4 is 29.2 Å². The van der Waals surface area contributed by atoms with Crippen LogP contribution in [-0.4, -0.2) is 32.2 Å². The zero-order chi connectivity index (χ0) is 19.6. The molecule has 1 N–H and O–H groups in total. The van der Waals surface area contributed by atoms with Crippen molar-refractivity contribution in [2.24, 2.45) is 0 Å². The normalized spacial score (nSPS) is 10.2. The topological polar surface area (TPSA) is 73.9 Å². The van der Waals surface area contributed by atoms with E-state index in [1.165, 1.54) is 12.1 Å². The number of carbonyl (C=O) groups is 2. The number of nitrogens with one attached hydrogen (secondary N) is 1. The van der Waals surface area contributed by atoms with E-state index < -0.39 is 24.3 Å². The first-order valence-corrected chi connectivity index (χ1v) is 8.53. The van der Waals surface area contributed by atoms with E-state index in [2.05, 4.69) is 5.32 Å². The first-order valence-electron chi connectivity index (χ1n) is 8.15. The van der Waals surface area contributed by atoms with Gasteiger partial charge in [0.15, 0.2) is 6.61 Å². The molecule has 0 aliphatic rings. The Balaban J connectivity index is 1.62. The van der Waals surface area contributed by atoms with Crippen LogP contribution in [0.2, 0.25) is 5.02 Å². The Hall–Kier alpha value is -2.80. The summed E-state index contributed by atoms with van der Waals surface area (Å²) in [6.45, 7) is -0.102. The fourth-order valence-corrected chi connectivity index (χ4v) is 2.25. The molecule has 27 heavy (non-hydrogen) atoms. The molecule has 0 saturated carbocycles. The van der Waals surface area contributed by atoms with Gasteiger partial charge in [-0.1, -0.05) is 11.6 Å². The van der Waals surface area contributed by atoms with Crippen LogP contribution < -0.4 is 14.8 Å². The van der Waals surface area contributed by atoms with Crippen molar-refractivity contribution < 1.29 is 28.2 Å². The van der Waals surface area contributed by atoms with Crippen molar-refractivity contribution in [3.63, 3.8) is 0 Å². The van der Waals surface area contributed by atoms with Crippen LogP contribution in [0.3, 0.4) is 0 Å². The number of hydrogen-bond acceptors (Lipinski definition) is 5. The molecule has 144 valence electrons. The van der Waals surface area contributed by atoms with Gasteiger partial charge in [0.2, 0.25) is 0 Å². The molecule has 0 radical (unpaired) electrons. The monoisotopic (exact) mass is 395 g/mol. The number of halogens is 2. The van der Waals surface area contributed by atoms with Crippen LogP contribution in [0.25, 0.3) is 0 Å². The van der Waals surface area contributed by atoms with Crippen molar-refractivity contribution in [3.05, 3.63) is 53.3 Å². The first kappa shape index (κ1) is 20.5. The van der Waals surface area contributed by atoms with Gasteiger partial charge < -0.3 is 19.5 Å². The molecule has 0 atom stereocenters. The number of benzene rings is 2. The number of anilines is 1. The van der Waals surface area contributed by atoms with Crippen molar-refractivity contribution in [3.8, 4) is 11.5 Å². The lowest BCUT2D eigenvalue weighted by molar-refractivity contribution is -0.147. The van der Waals surface area contributed by atoms with Crippen molar-refractivity contribution in [1.29, 1.82) is 0 Å². The zero-order valence-electron chi connectivity index (χ0n) is 14.7. The van der Waals surface area contributed by atoms with Crippen LogP contribution in [0, 0.1) is 5.82 Å². The third kappa shape index (κ3) is 7.15. The van der Waals surface area contributed by atoms with Gasteiger partial charge in [-0.05, 0) is 48.9 Å². The minimum atomic E-state index is -0.585. The highest BCUT2D eigenvalue weighted by molar-refractivity contribution is 6.31. The Labute approximate surface area is 161 Å². The second-order valence-corrected chi connectivity index (χ2v) is 5.87. The van der Waals surface area contributed by atoms with Crippen LogP contribution in [0.1, 0.15) is 12.8 Å². The van der Waals surface area contributed by atoms with Gasteiger partial charge in [0.05, 0.1) is 18.7 Å². The molecule has 0 heterocycles. The average Bonchev–Trinajstić information content (AvgIpc) is 2.67. The van der Waals surface area contributed by atoms with Crippen molar-refractivity contribution in [2.45, 2.75) is 12.8 Å². The van der Waals surface area contributed by atoms with Gasteiger partial charge in [-0.3, -0.25) is 9.59 Å². The fourth-order valence-electron chi connectivity index (χ4n) is 2.07. The highest BCUT2D eigenvalue weighted by Crippen LogP contribution is 2.19. The van der Waals surface area contributed by atoms with Crippen LogP contribution in [0.4, 0.5) is 10.1 Å². The second-order valence-electron chi connectivity index (χ2n) is 5.47. The molecule has 0 fully saturated rings. The molecule has 0 bridgehead atoms. The number of hydrogen-bond donors (Lipinski definition) is 1. The number of carbonyl (C=O) groups excluding carboxylic acids is 2. The van der Waals surface area contributed by atoms with Gasteiger partial charge in [0, 0.05) is 12.1 Å². The van der Waals surface area contributed by atoms with E-state index in [9.17, 15) is 14.0 Å². The largest absolute Gasteiger partial charge is 0.497 e. The smallest absolute Gasteiger partial charge is 0.306 e. The summed E-state index contributed by atoms with van der Waals surface area (Å²) in [4.78, 5) is 23.4. The molecule has 2 rings (SSSR count). The maximum absolute atomic E-state index is 13.1. The fraction of sp³-hybridized carbons (Fsp3) is 0.263. The van der Waals surface area contributed by atoms with E-state index in [0.29, 0.717) is 24.5 Å². The van der Waals surface area contributed by atoms with E-state index in [4.69, 9.17) is 25.8 Å². The van der Waals surface area contributed by atoms with E-state index in [1.807, 2.05) is 0 Å². The summed E-state index contributed by atoms with van der Waals surface area (Å²) in [6.07, 6.45) is 0.561. The summed E-state index contributed by atoms with van der Waals surface area (Å²) in [7, 11) is 1.58. The van der Waals surface area contributed by atoms with Gasteiger partial charge in [0.1, 0.15) is 17.3 Å². The Morgan fingerprint density at radius 2 is 1.81 bits per heavy atom. The molecule has 1 amide bonds. The zero-order valence-corrected chi connectivity index (χ0v) is 15.4. The maximum atomic E-state index is 13.1. The third-order valence-corrected chi connectivity index (χ3v) is 3.71.